The molecule has 0 bridgehead atoms. The van der Waals surface area contributed by atoms with Crippen molar-refractivity contribution in [1.82, 2.24) is 14.3 Å². The first-order valence-corrected chi connectivity index (χ1v) is 12.0. The maximum Gasteiger partial charge on any atom is 0.409 e. The fraction of sp³-hybridized carbons (Fsp3) is 0.333. The number of nitrogens with two attached hydrogens (primary N) is 1. The molecule has 176 valence electrons. The Balaban J connectivity index is 1.82. The number of ether oxygens (including phenoxy) is 1. The van der Waals surface area contributed by atoms with Crippen LogP contribution in [0.2, 0.25) is 5.02 Å². The van der Waals surface area contributed by atoms with Crippen molar-refractivity contribution in [3.05, 3.63) is 52.8 Å². The number of aromatic nitrogens is 2. The number of hydrogen-bond acceptors (Lipinski definition) is 5. The number of primary sulfonamides is 1. The average molecular weight is 499 g/mol. The second kappa shape index (κ2) is 8.88. The monoisotopic (exact) mass is 498 g/mol. The van der Waals surface area contributed by atoms with Crippen molar-refractivity contribution in [2.45, 2.75) is 24.2 Å². The van der Waals surface area contributed by atoms with Gasteiger partial charge in [-0.1, -0.05) is 11.6 Å². The van der Waals surface area contributed by atoms with Crippen molar-refractivity contribution in [2.75, 3.05) is 20.2 Å². The van der Waals surface area contributed by atoms with Crippen molar-refractivity contribution in [2.24, 2.45) is 11.1 Å². The summed E-state index contributed by atoms with van der Waals surface area (Å²) >= 11 is 6.08. The van der Waals surface area contributed by atoms with Crippen LogP contribution in [0.3, 0.4) is 0 Å². The Morgan fingerprint density at radius 1 is 1.30 bits per heavy atom. The fourth-order valence-electron chi connectivity index (χ4n) is 4.21. The van der Waals surface area contributed by atoms with Gasteiger partial charge in [-0.25, -0.2) is 32.1 Å². The summed E-state index contributed by atoms with van der Waals surface area (Å²) in [6.07, 6.45) is 3.13. The molecule has 0 saturated carbocycles. The van der Waals surface area contributed by atoms with Gasteiger partial charge in [0.15, 0.2) is 0 Å². The van der Waals surface area contributed by atoms with E-state index in [0.29, 0.717) is 48.0 Å². The third-order valence-corrected chi connectivity index (χ3v) is 6.83. The van der Waals surface area contributed by atoms with Gasteiger partial charge in [-0.15, -0.1) is 0 Å². The topological polar surface area (TPSA) is 107 Å². The number of nitrogens with zero attached hydrogens (tertiary/aromatic N) is 3. The van der Waals surface area contributed by atoms with Crippen LogP contribution in [0.15, 0.2) is 35.4 Å². The Morgan fingerprint density at radius 3 is 2.64 bits per heavy atom. The fourth-order valence-corrected chi connectivity index (χ4v) is 4.90. The molecule has 0 unspecified atom stereocenters. The first-order valence-electron chi connectivity index (χ1n) is 10.1. The molecule has 4 rings (SSSR count). The number of hydrogen-bond donors (Lipinski definition) is 1. The number of carbonyl (C=O) groups is 1. The maximum atomic E-state index is 15.0. The smallest absolute Gasteiger partial charge is 0.409 e. The molecule has 0 aliphatic carbocycles. The van der Waals surface area contributed by atoms with Crippen LogP contribution in [0, 0.1) is 17.6 Å². The molecule has 0 radical (unpaired) electrons. The summed E-state index contributed by atoms with van der Waals surface area (Å²) in [4.78, 5) is 17.3. The zero-order chi connectivity index (χ0) is 23.9. The van der Waals surface area contributed by atoms with E-state index in [4.69, 9.17) is 21.5 Å². The van der Waals surface area contributed by atoms with Crippen LogP contribution < -0.4 is 5.14 Å². The second-order valence-corrected chi connectivity index (χ2v) is 9.91. The summed E-state index contributed by atoms with van der Waals surface area (Å²) in [5, 5.41) is 5.42. The van der Waals surface area contributed by atoms with E-state index in [0.717, 1.165) is 12.8 Å². The lowest BCUT2D eigenvalue weighted by Crippen LogP contribution is -2.40. The number of carbonyl (C=O) groups excluding carboxylic acids is 1. The predicted octanol–water partition coefficient (Wildman–Crippen LogP) is 3.60. The number of likely N-dealkylation sites (tertiary alicyclic amines) is 1. The summed E-state index contributed by atoms with van der Waals surface area (Å²) in [6.45, 7) is 0.985. The number of rotatable bonds is 4. The molecule has 1 atom stereocenters. The highest BCUT2D eigenvalue weighted by Crippen LogP contribution is 2.34. The van der Waals surface area contributed by atoms with Crippen LogP contribution >= 0.6 is 11.6 Å². The third kappa shape index (κ3) is 4.66. The van der Waals surface area contributed by atoms with Crippen LogP contribution in [-0.4, -0.2) is 49.0 Å². The van der Waals surface area contributed by atoms with Crippen LogP contribution in [0.4, 0.5) is 13.6 Å². The number of halogens is 3. The van der Waals surface area contributed by atoms with E-state index in [-0.39, 0.29) is 11.6 Å². The molecule has 1 aromatic carbocycles. The zero-order valence-corrected chi connectivity index (χ0v) is 19.2. The van der Waals surface area contributed by atoms with Crippen molar-refractivity contribution in [1.29, 1.82) is 0 Å². The van der Waals surface area contributed by atoms with Crippen molar-refractivity contribution in [3.8, 4) is 11.3 Å². The van der Waals surface area contributed by atoms with Gasteiger partial charge < -0.3 is 14.0 Å². The first kappa shape index (κ1) is 23.4. The maximum absolute atomic E-state index is 15.0. The van der Waals surface area contributed by atoms with E-state index in [2.05, 4.69) is 4.98 Å². The van der Waals surface area contributed by atoms with E-state index in [1.54, 1.807) is 27.6 Å². The summed E-state index contributed by atoms with van der Waals surface area (Å²) in [7, 11) is -2.98. The molecule has 1 aliphatic rings. The molecule has 12 heteroatoms. The minimum atomic E-state index is -4.30. The molecule has 8 nitrogen and oxygen atoms in total. The second-order valence-electron chi connectivity index (χ2n) is 7.92. The third-order valence-electron chi connectivity index (χ3n) is 5.70. The minimum absolute atomic E-state index is 0.0120. The number of benzene rings is 1. The van der Waals surface area contributed by atoms with Gasteiger partial charge in [-0.3, -0.25) is 0 Å². The number of amides is 1. The molecule has 1 fully saturated rings. The van der Waals surface area contributed by atoms with Crippen molar-refractivity contribution in [3.63, 3.8) is 0 Å². The quantitative estimate of drug-likeness (QED) is 0.591. The molecule has 2 aromatic heterocycles. The lowest BCUT2D eigenvalue weighted by Gasteiger charge is -2.31. The molecule has 2 N–H and O–H groups in total. The molecular weight excluding hydrogens is 478 g/mol. The molecular formula is C21H21ClF2N4O4S. The number of fused-ring (bicyclic) bond motifs is 1. The molecule has 0 spiro atoms. The van der Waals surface area contributed by atoms with Crippen LogP contribution in [0.1, 0.15) is 18.5 Å². The van der Waals surface area contributed by atoms with Gasteiger partial charge in [-0.05, 0) is 43.4 Å². The first-order chi connectivity index (χ1) is 15.6. The molecule has 3 aromatic rings. The largest absolute Gasteiger partial charge is 0.453 e. The summed E-state index contributed by atoms with van der Waals surface area (Å²) < 4.78 is 59.6. The Morgan fingerprint density at radius 2 is 2.00 bits per heavy atom. The highest BCUT2D eigenvalue weighted by atomic mass is 35.5. The van der Waals surface area contributed by atoms with E-state index >= 15 is 8.78 Å². The SMILES string of the molecule is COC(=O)N1CCC[C@@H](Cc2c(-c3c(F)cc(S(N)(=O)=O)cc3F)nc3cc(Cl)ccn23)C1. The summed E-state index contributed by atoms with van der Waals surface area (Å²) in [5.41, 5.74) is 0.461. The van der Waals surface area contributed by atoms with Gasteiger partial charge in [0.25, 0.3) is 0 Å². The molecule has 33 heavy (non-hydrogen) atoms. The van der Waals surface area contributed by atoms with Gasteiger partial charge >= 0.3 is 6.09 Å². The molecule has 1 aliphatic heterocycles. The van der Waals surface area contributed by atoms with E-state index in [1.165, 1.54) is 7.11 Å². The van der Waals surface area contributed by atoms with Gasteiger partial charge in [-0.2, -0.15) is 0 Å². The van der Waals surface area contributed by atoms with Crippen LogP contribution in [0.5, 0.6) is 0 Å². The highest BCUT2D eigenvalue weighted by Gasteiger charge is 2.29. The Kier molecular flexibility index (Phi) is 6.30. The van der Waals surface area contributed by atoms with E-state index < -0.39 is 38.2 Å². The average Bonchev–Trinajstić information content (AvgIpc) is 3.09. The highest BCUT2D eigenvalue weighted by molar-refractivity contribution is 7.89. The summed E-state index contributed by atoms with van der Waals surface area (Å²) in [6, 6.07) is 4.54. The molecule has 1 saturated heterocycles. The Labute approximate surface area is 194 Å². The lowest BCUT2D eigenvalue weighted by molar-refractivity contribution is 0.102. The number of methoxy groups -OCH3 is 1. The van der Waals surface area contributed by atoms with Gasteiger partial charge in [0.05, 0.1) is 29.0 Å². The standard InChI is InChI=1S/C21H21ClF2N4O4S/c1-32-21(29)27-5-2-3-12(11-27)7-17-20(26-18-8-13(22)4-6-28(17)18)19-15(23)9-14(10-16(19)24)33(25,30)31/h4,6,8-10,12H,2-3,5,7,11H2,1H3,(H2,25,30,31)/t12-/m0/s1. The molecule has 1 amide bonds. The molecule has 3 heterocycles. The van der Waals surface area contributed by atoms with Gasteiger partial charge in [0.2, 0.25) is 10.0 Å². The normalized spacial score (nSPS) is 16.9. The van der Waals surface area contributed by atoms with Crippen molar-refractivity contribution < 1.29 is 26.7 Å². The predicted molar refractivity (Wildman–Crippen MR) is 117 cm³/mol. The van der Waals surface area contributed by atoms with Crippen LogP contribution in [-0.2, 0) is 21.2 Å². The van der Waals surface area contributed by atoms with Crippen LogP contribution in [0.25, 0.3) is 16.9 Å². The van der Waals surface area contributed by atoms with Crippen molar-refractivity contribution >= 4 is 33.4 Å². The van der Waals surface area contributed by atoms with E-state index in [9.17, 15) is 13.2 Å². The minimum Gasteiger partial charge on any atom is -0.453 e. The van der Waals surface area contributed by atoms with Gasteiger partial charge in [0.1, 0.15) is 17.3 Å². The Bertz CT molecular complexity index is 1320. The zero-order valence-electron chi connectivity index (χ0n) is 17.6. The lowest BCUT2D eigenvalue weighted by atomic mass is 9.92. The number of pyridine rings is 1. The summed E-state index contributed by atoms with van der Waals surface area (Å²) in [5.74, 6) is -2.22. The number of sulfonamides is 1. The van der Waals surface area contributed by atoms with Gasteiger partial charge in [0, 0.05) is 30.4 Å². The number of imidazole rings is 1. The Hall–Kier alpha value is -2.76. The number of piperidine rings is 1. The van der Waals surface area contributed by atoms with E-state index in [1.807, 2.05) is 0 Å².